The molecule has 4 N–H and O–H groups in total. The Balaban J connectivity index is 0.00000392. The van der Waals surface area contributed by atoms with Gasteiger partial charge < -0.3 is 16.4 Å². The first kappa shape index (κ1) is 24.0. The average Bonchev–Trinajstić information content (AvgIpc) is 2.62. The highest BCUT2D eigenvalue weighted by atomic mass is 35.5. The van der Waals surface area contributed by atoms with Crippen LogP contribution in [0.25, 0.3) is 0 Å². The van der Waals surface area contributed by atoms with Crippen molar-refractivity contribution in [1.29, 1.82) is 0 Å². The van der Waals surface area contributed by atoms with E-state index in [4.69, 9.17) is 17.3 Å². The van der Waals surface area contributed by atoms with Crippen LogP contribution in [0.4, 0.5) is 5.69 Å². The number of nitrogens with two attached hydrogens (primary N) is 1. The molecule has 28 heavy (non-hydrogen) atoms. The van der Waals surface area contributed by atoms with Gasteiger partial charge in [0.05, 0.1) is 16.6 Å². The molecule has 7 heteroatoms. The summed E-state index contributed by atoms with van der Waals surface area (Å²) in [5.74, 6) is -0.551. The molecule has 0 fully saturated rings. The third-order valence-corrected chi connectivity index (χ3v) is 4.76. The van der Waals surface area contributed by atoms with Gasteiger partial charge in [0, 0.05) is 11.2 Å². The number of carbonyl (C=O) groups is 2. The Bertz CT molecular complexity index is 811. The summed E-state index contributed by atoms with van der Waals surface area (Å²) in [6.45, 7) is 5.89. The normalized spacial score (nSPS) is 11.9. The van der Waals surface area contributed by atoms with Crippen LogP contribution in [0.1, 0.15) is 43.1 Å². The van der Waals surface area contributed by atoms with Crippen molar-refractivity contribution in [3.05, 3.63) is 64.7 Å². The van der Waals surface area contributed by atoms with E-state index in [1.807, 2.05) is 51.1 Å². The monoisotopic (exact) mass is 423 g/mol. The average molecular weight is 424 g/mol. The molecule has 2 amide bonds. The van der Waals surface area contributed by atoms with Crippen LogP contribution >= 0.6 is 24.0 Å². The highest BCUT2D eigenvalue weighted by Gasteiger charge is 2.21. The van der Waals surface area contributed by atoms with Crippen LogP contribution in [0.15, 0.2) is 48.5 Å². The van der Waals surface area contributed by atoms with E-state index in [9.17, 15) is 9.59 Å². The number of hydrogen-bond donors (Lipinski definition) is 3. The molecule has 0 bridgehead atoms. The topological polar surface area (TPSA) is 84.2 Å². The third kappa shape index (κ3) is 6.82. The summed E-state index contributed by atoms with van der Waals surface area (Å²) < 4.78 is 0. The van der Waals surface area contributed by atoms with Crippen LogP contribution in [0.2, 0.25) is 5.02 Å². The van der Waals surface area contributed by atoms with Gasteiger partial charge >= 0.3 is 0 Å². The van der Waals surface area contributed by atoms with Crippen LogP contribution in [0, 0.1) is 0 Å². The molecule has 2 aromatic carbocycles. The first-order chi connectivity index (χ1) is 12.7. The lowest BCUT2D eigenvalue weighted by Crippen LogP contribution is -2.42. The van der Waals surface area contributed by atoms with Crippen LogP contribution in [0.5, 0.6) is 0 Å². The molecule has 0 saturated carbocycles. The molecular formula is C21H27Cl2N3O2. The molecule has 0 aliphatic carbocycles. The second kappa shape index (κ2) is 10.5. The van der Waals surface area contributed by atoms with Crippen molar-refractivity contribution in [2.75, 3.05) is 5.32 Å². The third-order valence-electron chi connectivity index (χ3n) is 4.45. The fraction of sp³-hybridized carbons (Fsp3) is 0.333. The molecule has 0 saturated heterocycles. The molecule has 0 aromatic heterocycles. The van der Waals surface area contributed by atoms with Gasteiger partial charge in [0.15, 0.2) is 0 Å². The Labute approximate surface area is 177 Å². The molecule has 1 atom stereocenters. The largest absolute Gasteiger partial charge is 0.347 e. The standard InChI is InChI=1S/C21H26ClN3O2.ClH/c1-4-21(2,3)25-19(26)16-11-10-15(13-17(16)22)24-20(27)18(23)12-14-8-6-5-7-9-14;/h5-11,13,18H,4,12,23H2,1-3H3,(H,24,27)(H,25,26);1H/t18-;/m0./s1. The number of hydrogen-bond acceptors (Lipinski definition) is 3. The zero-order chi connectivity index (χ0) is 20.0. The van der Waals surface area contributed by atoms with Crippen molar-refractivity contribution in [2.45, 2.75) is 45.2 Å². The fourth-order valence-electron chi connectivity index (χ4n) is 2.44. The van der Waals surface area contributed by atoms with Gasteiger partial charge in [0.2, 0.25) is 5.91 Å². The Morgan fingerprint density at radius 3 is 2.36 bits per heavy atom. The lowest BCUT2D eigenvalue weighted by Gasteiger charge is -2.24. The summed E-state index contributed by atoms with van der Waals surface area (Å²) in [5, 5.41) is 5.96. The van der Waals surface area contributed by atoms with Crippen molar-refractivity contribution in [2.24, 2.45) is 5.73 Å². The SMILES string of the molecule is CCC(C)(C)NC(=O)c1ccc(NC(=O)[C@@H](N)Cc2ccccc2)cc1Cl.Cl. The quantitative estimate of drug-likeness (QED) is 0.623. The number of nitrogens with one attached hydrogen (secondary N) is 2. The first-order valence-electron chi connectivity index (χ1n) is 8.94. The molecule has 152 valence electrons. The van der Waals surface area contributed by atoms with Crippen molar-refractivity contribution in [3.63, 3.8) is 0 Å². The van der Waals surface area contributed by atoms with Gasteiger partial charge in [-0.25, -0.2) is 0 Å². The molecule has 0 aliphatic rings. The van der Waals surface area contributed by atoms with E-state index in [-0.39, 0.29) is 34.8 Å². The van der Waals surface area contributed by atoms with E-state index >= 15 is 0 Å². The predicted octanol–water partition coefficient (Wildman–Crippen LogP) is 4.19. The van der Waals surface area contributed by atoms with Crippen molar-refractivity contribution < 1.29 is 9.59 Å². The maximum atomic E-state index is 12.4. The Kier molecular flexibility index (Phi) is 8.95. The highest BCUT2D eigenvalue weighted by molar-refractivity contribution is 6.34. The molecule has 0 spiro atoms. The Hall–Kier alpha value is -2.08. The van der Waals surface area contributed by atoms with Gasteiger partial charge in [-0.15, -0.1) is 12.4 Å². The number of amides is 2. The van der Waals surface area contributed by atoms with Crippen LogP contribution in [0.3, 0.4) is 0 Å². The highest BCUT2D eigenvalue weighted by Crippen LogP contribution is 2.22. The van der Waals surface area contributed by atoms with E-state index in [1.54, 1.807) is 18.2 Å². The summed E-state index contributed by atoms with van der Waals surface area (Å²) in [4.78, 5) is 24.7. The maximum Gasteiger partial charge on any atom is 0.253 e. The van der Waals surface area contributed by atoms with E-state index in [0.29, 0.717) is 17.7 Å². The molecule has 2 rings (SSSR count). The number of carbonyl (C=O) groups excluding carboxylic acids is 2. The first-order valence-corrected chi connectivity index (χ1v) is 9.32. The van der Waals surface area contributed by atoms with Crippen LogP contribution in [-0.4, -0.2) is 23.4 Å². The van der Waals surface area contributed by atoms with Crippen molar-refractivity contribution >= 4 is 41.5 Å². The van der Waals surface area contributed by atoms with E-state index < -0.39 is 6.04 Å². The zero-order valence-corrected chi connectivity index (χ0v) is 17.9. The van der Waals surface area contributed by atoms with Crippen molar-refractivity contribution in [3.8, 4) is 0 Å². The second-order valence-electron chi connectivity index (χ2n) is 7.17. The molecule has 0 radical (unpaired) electrons. The van der Waals surface area contributed by atoms with E-state index in [2.05, 4.69) is 10.6 Å². The van der Waals surface area contributed by atoms with Gasteiger partial charge in [-0.1, -0.05) is 48.9 Å². The van der Waals surface area contributed by atoms with Gasteiger partial charge in [0.25, 0.3) is 5.91 Å². The summed E-state index contributed by atoms with van der Waals surface area (Å²) >= 11 is 6.25. The fourth-order valence-corrected chi connectivity index (χ4v) is 2.70. The minimum atomic E-state index is -0.681. The lowest BCUT2D eigenvalue weighted by molar-refractivity contribution is -0.117. The summed E-state index contributed by atoms with van der Waals surface area (Å²) in [6, 6.07) is 13.7. The van der Waals surface area contributed by atoms with Gasteiger partial charge in [-0.05, 0) is 50.5 Å². The smallest absolute Gasteiger partial charge is 0.253 e. The number of rotatable bonds is 7. The predicted molar refractivity (Wildman–Crippen MR) is 117 cm³/mol. The van der Waals surface area contributed by atoms with E-state index in [0.717, 1.165) is 12.0 Å². The molecular weight excluding hydrogens is 397 g/mol. The second-order valence-corrected chi connectivity index (χ2v) is 7.58. The summed E-state index contributed by atoms with van der Waals surface area (Å²) in [5.41, 5.74) is 7.52. The van der Waals surface area contributed by atoms with Gasteiger partial charge in [0.1, 0.15) is 0 Å². The maximum absolute atomic E-state index is 12.4. The lowest BCUT2D eigenvalue weighted by atomic mass is 10.0. The molecule has 0 aliphatic heterocycles. The Morgan fingerprint density at radius 1 is 1.14 bits per heavy atom. The Morgan fingerprint density at radius 2 is 1.79 bits per heavy atom. The number of benzene rings is 2. The summed E-state index contributed by atoms with van der Waals surface area (Å²) in [6.07, 6.45) is 1.23. The summed E-state index contributed by atoms with van der Waals surface area (Å²) in [7, 11) is 0. The van der Waals surface area contributed by atoms with Gasteiger partial charge in [-0.3, -0.25) is 9.59 Å². The molecule has 0 heterocycles. The number of anilines is 1. The van der Waals surface area contributed by atoms with Crippen LogP contribution in [-0.2, 0) is 11.2 Å². The zero-order valence-electron chi connectivity index (χ0n) is 16.3. The van der Waals surface area contributed by atoms with Crippen molar-refractivity contribution in [1.82, 2.24) is 5.32 Å². The number of halogens is 2. The minimum Gasteiger partial charge on any atom is -0.347 e. The van der Waals surface area contributed by atoms with E-state index in [1.165, 1.54) is 0 Å². The molecule has 2 aromatic rings. The van der Waals surface area contributed by atoms with Crippen LogP contribution < -0.4 is 16.4 Å². The molecule has 0 unspecified atom stereocenters. The van der Waals surface area contributed by atoms with Gasteiger partial charge in [-0.2, -0.15) is 0 Å². The molecule has 5 nitrogen and oxygen atoms in total. The minimum absolute atomic E-state index is 0.